The summed E-state index contributed by atoms with van der Waals surface area (Å²) in [7, 11) is 0. The standard InChI is InChI=1S/C2H2.4CH3.2BrH.2Sn/c1-2;;;;;;;;/h1-2H;4*1H3;2*1H;;/q;;;;;;;2*+1/p-2. The van der Waals surface area contributed by atoms with Crippen molar-refractivity contribution in [1.82, 2.24) is 0 Å². The fourth-order valence-corrected chi connectivity index (χ4v) is 29.7. The van der Waals surface area contributed by atoms with Crippen molar-refractivity contribution in [1.29, 1.82) is 0 Å². The Balaban J connectivity index is 4.01. The molecule has 0 N–H and O–H groups in total. The molecule has 0 fully saturated rings. The molecule has 0 aliphatic rings. The van der Waals surface area contributed by atoms with Crippen LogP contribution in [0.2, 0.25) is 19.8 Å². The van der Waals surface area contributed by atoms with E-state index in [1.807, 2.05) is 0 Å². The molecule has 0 unspecified atom stereocenters. The Bertz CT molecular complexity index is 114. The quantitative estimate of drug-likeness (QED) is 0.524. The van der Waals surface area contributed by atoms with Crippen molar-refractivity contribution >= 4 is 57.7 Å². The second kappa shape index (κ2) is 4.51. The zero-order chi connectivity index (χ0) is 8.41. The third-order valence-electron chi connectivity index (χ3n) is 0.876. The van der Waals surface area contributed by atoms with Crippen LogP contribution >= 0.6 is 25.4 Å². The van der Waals surface area contributed by atoms with Crippen LogP contribution in [0.3, 0.4) is 0 Å². The molecule has 0 aromatic heterocycles. The van der Waals surface area contributed by atoms with E-state index in [-0.39, 0.29) is 0 Å². The van der Waals surface area contributed by atoms with Gasteiger partial charge in [0.25, 0.3) is 0 Å². The van der Waals surface area contributed by atoms with Crippen molar-refractivity contribution in [3.8, 4) is 0 Å². The van der Waals surface area contributed by atoms with Crippen molar-refractivity contribution in [2.24, 2.45) is 0 Å². The molecule has 0 rings (SSSR count). The van der Waals surface area contributed by atoms with Crippen LogP contribution in [0.5, 0.6) is 0 Å². The fraction of sp³-hybridized carbons (Fsp3) is 0.667. The predicted octanol–water partition coefficient (Wildman–Crippen LogP) is 3.82. The molecule has 0 saturated carbocycles. The topological polar surface area (TPSA) is 0 Å². The summed E-state index contributed by atoms with van der Waals surface area (Å²) in [4.78, 5) is 9.43. The van der Waals surface area contributed by atoms with Crippen LogP contribution < -0.4 is 0 Å². The van der Waals surface area contributed by atoms with Crippen LogP contribution in [0.15, 0.2) is 8.18 Å². The van der Waals surface area contributed by atoms with Gasteiger partial charge in [-0.05, 0) is 0 Å². The van der Waals surface area contributed by atoms with Gasteiger partial charge < -0.3 is 0 Å². The van der Waals surface area contributed by atoms with Gasteiger partial charge in [0.2, 0.25) is 0 Å². The molecular formula is C6H14Br2Sn2. The maximum atomic E-state index is 3.77. The van der Waals surface area contributed by atoms with Gasteiger partial charge in [0.05, 0.1) is 0 Å². The molecule has 0 amide bonds. The zero-order valence-electron chi connectivity index (χ0n) is 6.91. The monoisotopic (exact) mass is 484 g/mol. The van der Waals surface area contributed by atoms with Crippen molar-refractivity contribution in [3.05, 3.63) is 8.18 Å². The Morgan fingerprint density at radius 2 is 1.00 bits per heavy atom. The van der Waals surface area contributed by atoms with Gasteiger partial charge in [-0.1, -0.05) is 0 Å². The third-order valence-corrected chi connectivity index (χ3v) is 12.6. The minimum atomic E-state index is -1.76. The molecule has 60 valence electrons. The Labute approximate surface area is 84.1 Å². The second-order valence-corrected chi connectivity index (χ2v) is 50.6. The van der Waals surface area contributed by atoms with Gasteiger partial charge in [-0.2, -0.15) is 0 Å². The van der Waals surface area contributed by atoms with Gasteiger partial charge >= 0.3 is 85.7 Å². The Kier molecular flexibility index (Phi) is 5.55. The molecule has 0 spiro atoms. The summed E-state index contributed by atoms with van der Waals surface area (Å²) in [5, 5.41) is 0. The van der Waals surface area contributed by atoms with Gasteiger partial charge in [0.15, 0.2) is 0 Å². The van der Waals surface area contributed by atoms with E-state index in [2.05, 4.69) is 53.4 Å². The summed E-state index contributed by atoms with van der Waals surface area (Å²) < 4.78 is 4.89. The molecule has 4 heteroatoms. The summed E-state index contributed by atoms with van der Waals surface area (Å²) in [6.45, 7) is 0. The molecule has 0 aliphatic carbocycles. The molecule has 0 bridgehead atoms. The summed E-state index contributed by atoms with van der Waals surface area (Å²) >= 11 is 4.00. The Morgan fingerprint density at radius 1 is 0.800 bits per heavy atom. The number of hydrogen-bond acceptors (Lipinski definition) is 0. The number of hydrogen-bond donors (Lipinski definition) is 0. The molecule has 0 saturated heterocycles. The maximum absolute atomic E-state index is 3.77. The van der Waals surface area contributed by atoms with E-state index in [9.17, 15) is 0 Å². The van der Waals surface area contributed by atoms with Crippen LogP contribution in [0.4, 0.5) is 0 Å². The van der Waals surface area contributed by atoms with E-state index >= 15 is 0 Å². The predicted molar refractivity (Wildman–Crippen MR) is 62.0 cm³/mol. The third kappa shape index (κ3) is 10.3. The van der Waals surface area contributed by atoms with Crippen molar-refractivity contribution in [2.45, 2.75) is 19.8 Å². The fourth-order valence-electron chi connectivity index (χ4n) is 0.396. The zero-order valence-corrected chi connectivity index (χ0v) is 15.8. The first-order chi connectivity index (χ1) is 4.21. The SMILES string of the molecule is [CH3][Sn]([CH3])([Br])/[CH]=[CH]\[Sn]([CH3])([CH3])[Br]. The molecule has 0 aliphatic heterocycles. The first-order valence-corrected chi connectivity index (χ1v) is 30.8. The Hall–Kier alpha value is 2.30. The van der Waals surface area contributed by atoms with E-state index in [1.165, 1.54) is 0 Å². The van der Waals surface area contributed by atoms with E-state index in [0.29, 0.717) is 0 Å². The van der Waals surface area contributed by atoms with Gasteiger partial charge in [-0.15, -0.1) is 0 Å². The molecule has 0 aromatic rings. The first kappa shape index (κ1) is 12.3. The molecule has 0 nitrogen and oxygen atoms in total. The molecule has 0 radical (unpaired) electrons. The summed E-state index contributed by atoms with van der Waals surface area (Å²) in [6, 6.07) is 0. The van der Waals surface area contributed by atoms with E-state index < -0.39 is 32.3 Å². The van der Waals surface area contributed by atoms with Crippen LogP contribution in [-0.2, 0) is 0 Å². The molecular weight excluding hydrogens is 469 g/mol. The second-order valence-electron chi connectivity index (χ2n) is 3.46. The van der Waals surface area contributed by atoms with Crippen molar-refractivity contribution < 1.29 is 0 Å². The Morgan fingerprint density at radius 3 is 1.10 bits per heavy atom. The molecule has 0 heterocycles. The van der Waals surface area contributed by atoms with Gasteiger partial charge in [0.1, 0.15) is 0 Å². The van der Waals surface area contributed by atoms with Crippen LogP contribution in [0.1, 0.15) is 0 Å². The van der Waals surface area contributed by atoms with Crippen LogP contribution in [0, 0.1) is 0 Å². The molecule has 0 atom stereocenters. The number of rotatable bonds is 2. The average Bonchev–Trinajstić information content (AvgIpc) is 1.57. The van der Waals surface area contributed by atoms with Crippen molar-refractivity contribution in [2.75, 3.05) is 0 Å². The summed E-state index contributed by atoms with van der Waals surface area (Å²) in [6.07, 6.45) is 0. The minimum absolute atomic E-state index is 1.76. The summed E-state index contributed by atoms with van der Waals surface area (Å²) in [5.41, 5.74) is 0. The van der Waals surface area contributed by atoms with E-state index in [4.69, 9.17) is 0 Å². The van der Waals surface area contributed by atoms with Gasteiger partial charge in [-0.25, -0.2) is 0 Å². The first-order valence-electron chi connectivity index (χ1n) is 3.29. The normalized spacial score (nSPS) is 14.6. The molecule has 10 heavy (non-hydrogen) atoms. The number of halogens is 2. The van der Waals surface area contributed by atoms with Gasteiger partial charge in [0, 0.05) is 0 Å². The molecule has 0 aromatic carbocycles. The van der Waals surface area contributed by atoms with E-state index in [0.717, 1.165) is 0 Å². The summed E-state index contributed by atoms with van der Waals surface area (Å²) in [5.74, 6) is 0. The van der Waals surface area contributed by atoms with E-state index in [1.54, 1.807) is 0 Å². The average molecular weight is 483 g/mol. The van der Waals surface area contributed by atoms with Crippen molar-refractivity contribution in [3.63, 3.8) is 0 Å². The van der Waals surface area contributed by atoms with Gasteiger partial charge in [-0.3, -0.25) is 0 Å². The van der Waals surface area contributed by atoms with Crippen LogP contribution in [-0.4, -0.2) is 32.3 Å². The van der Waals surface area contributed by atoms with Crippen LogP contribution in [0.25, 0.3) is 0 Å².